The molecule has 2 N–H and O–H groups in total. The standard InChI is InChI=1S/C12H25N3O/c1-4-14(5-2)9-10(3)15-8-6-7-11(13)12(15)16/h10-11H,4-9,13H2,1-3H3. The zero-order valence-electron chi connectivity index (χ0n) is 10.8. The summed E-state index contributed by atoms with van der Waals surface area (Å²) in [6.07, 6.45) is 1.88. The molecule has 1 amide bonds. The smallest absolute Gasteiger partial charge is 0.239 e. The van der Waals surface area contributed by atoms with Crippen LogP contribution >= 0.6 is 0 Å². The van der Waals surface area contributed by atoms with Crippen molar-refractivity contribution in [3.05, 3.63) is 0 Å². The van der Waals surface area contributed by atoms with Crippen molar-refractivity contribution >= 4 is 5.91 Å². The molecule has 4 heteroatoms. The molecule has 1 rings (SSSR count). The molecular formula is C12H25N3O. The Morgan fingerprint density at radius 3 is 2.69 bits per heavy atom. The number of likely N-dealkylation sites (tertiary alicyclic amines) is 1. The van der Waals surface area contributed by atoms with Crippen molar-refractivity contribution in [1.29, 1.82) is 0 Å². The van der Waals surface area contributed by atoms with E-state index in [1.54, 1.807) is 0 Å². The predicted molar refractivity (Wildman–Crippen MR) is 66.2 cm³/mol. The van der Waals surface area contributed by atoms with Gasteiger partial charge in [-0.1, -0.05) is 13.8 Å². The number of nitrogens with two attached hydrogens (primary N) is 1. The van der Waals surface area contributed by atoms with Crippen molar-refractivity contribution in [2.75, 3.05) is 26.2 Å². The lowest BCUT2D eigenvalue weighted by atomic mass is 10.0. The molecule has 1 aliphatic rings. The van der Waals surface area contributed by atoms with Gasteiger partial charge in [-0.25, -0.2) is 0 Å². The first-order valence-electron chi connectivity index (χ1n) is 6.38. The zero-order chi connectivity index (χ0) is 12.1. The van der Waals surface area contributed by atoms with Crippen molar-refractivity contribution in [3.8, 4) is 0 Å². The van der Waals surface area contributed by atoms with E-state index < -0.39 is 0 Å². The number of hydrogen-bond acceptors (Lipinski definition) is 3. The van der Waals surface area contributed by atoms with Crippen molar-refractivity contribution < 1.29 is 4.79 Å². The van der Waals surface area contributed by atoms with E-state index in [-0.39, 0.29) is 18.0 Å². The molecule has 0 aliphatic carbocycles. The van der Waals surface area contributed by atoms with E-state index in [1.807, 2.05) is 4.90 Å². The average Bonchev–Trinajstić information content (AvgIpc) is 2.29. The minimum atomic E-state index is -0.270. The molecule has 1 aliphatic heterocycles. The van der Waals surface area contributed by atoms with Crippen molar-refractivity contribution in [2.24, 2.45) is 5.73 Å². The maximum absolute atomic E-state index is 11.9. The molecule has 0 saturated carbocycles. The van der Waals surface area contributed by atoms with Crippen LogP contribution in [-0.2, 0) is 4.79 Å². The summed E-state index contributed by atoms with van der Waals surface area (Å²) in [6, 6.07) is 0.00616. The summed E-state index contributed by atoms with van der Waals surface area (Å²) in [4.78, 5) is 16.2. The largest absolute Gasteiger partial charge is 0.337 e. The molecule has 94 valence electrons. The van der Waals surface area contributed by atoms with Crippen LogP contribution in [0.25, 0.3) is 0 Å². The SMILES string of the molecule is CCN(CC)CC(C)N1CCCC(N)C1=O. The van der Waals surface area contributed by atoms with Gasteiger partial charge in [0, 0.05) is 19.1 Å². The molecule has 0 radical (unpaired) electrons. The molecular weight excluding hydrogens is 202 g/mol. The maximum Gasteiger partial charge on any atom is 0.239 e. The molecule has 4 nitrogen and oxygen atoms in total. The predicted octanol–water partition coefficient (Wildman–Crippen LogP) is 0.666. The Bertz CT molecular complexity index is 228. The molecule has 0 bridgehead atoms. The number of rotatable bonds is 5. The third-order valence-electron chi connectivity index (χ3n) is 3.46. The third kappa shape index (κ3) is 3.19. The third-order valence-corrected chi connectivity index (χ3v) is 3.46. The molecule has 2 unspecified atom stereocenters. The molecule has 0 aromatic rings. The van der Waals surface area contributed by atoms with Crippen LogP contribution in [0, 0.1) is 0 Å². The second-order valence-electron chi connectivity index (χ2n) is 4.62. The molecule has 0 aromatic heterocycles. The van der Waals surface area contributed by atoms with Gasteiger partial charge in [0.15, 0.2) is 0 Å². The number of hydrogen-bond donors (Lipinski definition) is 1. The van der Waals surface area contributed by atoms with Crippen LogP contribution in [0.2, 0.25) is 0 Å². The fraction of sp³-hybridized carbons (Fsp3) is 0.917. The van der Waals surface area contributed by atoms with Crippen LogP contribution in [0.4, 0.5) is 0 Å². The monoisotopic (exact) mass is 227 g/mol. The summed E-state index contributed by atoms with van der Waals surface area (Å²) < 4.78 is 0. The van der Waals surface area contributed by atoms with E-state index >= 15 is 0 Å². The Kier molecular flexibility index (Phi) is 5.22. The Balaban J connectivity index is 2.51. The van der Waals surface area contributed by atoms with Gasteiger partial charge in [-0.05, 0) is 32.9 Å². The minimum absolute atomic E-state index is 0.130. The van der Waals surface area contributed by atoms with Gasteiger partial charge in [-0.3, -0.25) is 4.79 Å². The van der Waals surface area contributed by atoms with Gasteiger partial charge < -0.3 is 15.5 Å². The lowest BCUT2D eigenvalue weighted by molar-refractivity contribution is -0.137. The highest BCUT2D eigenvalue weighted by molar-refractivity contribution is 5.82. The Morgan fingerprint density at radius 1 is 1.50 bits per heavy atom. The fourth-order valence-electron chi connectivity index (χ4n) is 2.32. The van der Waals surface area contributed by atoms with Crippen LogP contribution in [0.15, 0.2) is 0 Å². The Labute approximate surface area is 98.8 Å². The first-order valence-corrected chi connectivity index (χ1v) is 6.38. The fourth-order valence-corrected chi connectivity index (χ4v) is 2.32. The molecule has 16 heavy (non-hydrogen) atoms. The van der Waals surface area contributed by atoms with E-state index in [1.165, 1.54) is 0 Å². The van der Waals surface area contributed by atoms with Gasteiger partial charge in [-0.15, -0.1) is 0 Å². The summed E-state index contributed by atoms with van der Waals surface area (Å²) >= 11 is 0. The van der Waals surface area contributed by atoms with Crippen LogP contribution in [0.1, 0.15) is 33.6 Å². The van der Waals surface area contributed by atoms with Crippen LogP contribution < -0.4 is 5.73 Å². The van der Waals surface area contributed by atoms with E-state index in [0.29, 0.717) is 0 Å². The summed E-state index contributed by atoms with van der Waals surface area (Å²) in [5.74, 6) is 0.130. The molecule has 1 fully saturated rings. The summed E-state index contributed by atoms with van der Waals surface area (Å²) in [6.45, 7) is 10.3. The second kappa shape index (κ2) is 6.21. The normalized spacial score (nSPS) is 23.9. The number of likely N-dealkylation sites (N-methyl/N-ethyl adjacent to an activating group) is 1. The van der Waals surface area contributed by atoms with Crippen molar-refractivity contribution in [2.45, 2.75) is 45.7 Å². The van der Waals surface area contributed by atoms with E-state index in [4.69, 9.17) is 5.73 Å². The van der Waals surface area contributed by atoms with Gasteiger partial charge in [-0.2, -0.15) is 0 Å². The van der Waals surface area contributed by atoms with Gasteiger partial charge in [0.1, 0.15) is 0 Å². The summed E-state index contributed by atoms with van der Waals surface area (Å²) in [7, 11) is 0. The number of amides is 1. The highest BCUT2D eigenvalue weighted by Gasteiger charge is 2.29. The molecule has 0 aromatic carbocycles. The van der Waals surface area contributed by atoms with Gasteiger partial charge in [0.05, 0.1) is 6.04 Å². The summed E-state index contributed by atoms with van der Waals surface area (Å²) in [5, 5.41) is 0. The highest BCUT2D eigenvalue weighted by Crippen LogP contribution is 2.13. The Morgan fingerprint density at radius 2 is 2.12 bits per heavy atom. The van der Waals surface area contributed by atoms with Gasteiger partial charge in [0.2, 0.25) is 5.91 Å². The first kappa shape index (κ1) is 13.5. The van der Waals surface area contributed by atoms with E-state index in [9.17, 15) is 4.79 Å². The average molecular weight is 227 g/mol. The van der Waals surface area contributed by atoms with E-state index in [2.05, 4.69) is 25.7 Å². The second-order valence-corrected chi connectivity index (χ2v) is 4.62. The topological polar surface area (TPSA) is 49.6 Å². The quantitative estimate of drug-likeness (QED) is 0.751. The van der Waals surface area contributed by atoms with Crippen molar-refractivity contribution in [3.63, 3.8) is 0 Å². The van der Waals surface area contributed by atoms with E-state index in [0.717, 1.165) is 39.0 Å². The number of piperidine rings is 1. The molecule has 0 spiro atoms. The maximum atomic E-state index is 11.9. The van der Waals surface area contributed by atoms with Crippen molar-refractivity contribution in [1.82, 2.24) is 9.80 Å². The molecule has 1 heterocycles. The lowest BCUT2D eigenvalue weighted by Gasteiger charge is -2.37. The van der Waals surface area contributed by atoms with Gasteiger partial charge in [0.25, 0.3) is 0 Å². The minimum Gasteiger partial charge on any atom is -0.337 e. The highest BCUT2D eigenvalue weighted by atomic mass is 16.2. The number of carbonyl (C=O) groups is 1. The summed E-state index contributed by atoms with van der Waals surface area (Å²) in [5.41, 5.74) is 5.80. The number of nitrogens with zero attached hydrogens (tertiary/aromatic N) is 2. The first-order chi connectivity index (χ1) is 7.60. The Hall–Kier alpha value is -0.610. The molecule has 1 saturated heterocycles. The van der Waals surface area contributed by atoms with Crippen LogP contribution in [0.3, 0.4) is 0 Å². The zero-order valence-corrected chi connectivity index (χ0v) is 10.8. The lowest BCUT2D eigenvalue weighted by Crippen LogP contribution is -2.54. The number of carbonyl (C=O) groups excluding carboxylic acids is 1. The van der Waals surface area contributed by atoms with Crippen LogP contribution in [-0.4, -0.2) is 54.0 Å². The van der Waals surface area contributed by atoms with Gasteiger partial charge >= 0.3 is 0 Å². The van der Waals surface area contributed by atoms with Crippen LogP contribution in [0.5, 0.6) is 0 Å². The molecule has 2 atom stereocenters.